The summed E-state index contributed by atoms with van der Waals surface area (Å²) in [7, 11) is 0. The van der Waals surface area contributed by atoms with Crippen LogP contribution in [0.15, 0.2) is 60.7 Å². The topological polar surface area (TPSA) is 26.3 Å². The first-order valence-corrected chi connectivity index (χ1v) is 7.91. The third-order valence-electron chi connectivity index (χ3n) is 4.09. The molecule has 1 radical (unpaired) electrons. The van der Waals surface area contributed by atoms with E-state index in [4.69, 9.17) is 4.74 Å². The van der Waals surface area contributed by atoms with E-state index in [1.807, 2.05) is 56.3 Å². The zero-order valence-corrected chi connectivity index (χ0v) is 17.5. The van der Waals surface area contributed by atoms with Crippen molar-refractivity contribution in [3.8, 4) is 16.9 Å². The van der Waals surface area contributed by atoms with Crippen molar-refractivity contribution < 1.29 is 42.2 Å². The van der Waals surface area contributed by atoms with Gasteiger partial charge in [-0.2, -0.15) is 29.3 Å². The molecular formula is C22H19O2Y-. The number of rotatable bonds is 3. The molecule has 0 heterocycles. The number of aryl methyl sites for hydroxylation is 3. The summed E-state index contributed by atoms with van der Waals surface area (Å²) in [6.07, 6.45) is 0. The van der Waals surface area contributed by atoms with Gasteiger partial charge >= 0.3 is 5.97 Å². The molecule has 0 unspecified atom stereocenters. The molecule has 3 heteroatoms. The largest absolute Gasteiger partial charge is 0.423 e. The quantitative estimate of drug-likeness (QED) is 0.337. The summed E-state index contributed by atoms with van der Waals surface area (Å²) < 4.78 is 5.43. The average molecular weight is 404 g/mol. The molecule has 0 aliphatic carbocycles. The van der Waals surface area contributed by atoms with Gasteiger partial charge in [-0.25, -0.2) is 4.79 Å². The fourth-order valence-corrected chi connectivity index (χ4v) is 2.42. The maximum absolute atomic E-state index is 12.1. The zero-order chi connectivity index (χ0) is 17.1. The minimum Gasteiger partial charge on any atom is -0.423 e. The van der Waals surface area contributed by atoms with Crippen molar-refractivity contribution in [2.75, 3.05) is 0 Å². The van der Waals surface area contributed by atoms with Crippen molar-refractivity contribution >= 4 is 5.97 Å². The van der Waals surface area contributed by atoms with Gasteiger partial charge in [-0.1, -0.05) is 49.2 Å². The molecule has 3 aromatic rings. The molecule has 0 aliphatic heterocycles. The first-order chi connectivity index (χ1) is 11.5. The van der Waals surface area contributed by atoms with E-state index in [1.54, 1.807) is 12.1 Å². The van der Waals surface area contributed by atoms with Crippen LogP contribution in [0.5, 0.6) is 5.75 Å². The van der Waals surface area contributed by atoms with Crippen LogP contribution in [0.3, 0.4) is 0 Å². The van der Waals surface area contributed by atoms with Crippen LogP contribution in [0.2, 0.25) is 0 Å². The van der Waals surface area contributed by atoms with Gasteiger partial charge in [-0.3, -0.25) is 0 Å². The SMILES string of the molecule is Cc1ccc(C(=O)Oc2ccc(-c3c[c-]c(C)c(C)c3)cc2)cc1.[Y]. The fraction of sp³-hybridized carbons (Fsp3) is 0.136. The van der Waals surface area contributed by atoms with Crippen molar-refractivity contribution in [3.05, 3.63) is 89.0 Å². The summed E-state index contributed by atoms with van der Waals surface area (Å²) in [6, 6.07) is 22.3. The predicted molar refractivity (Wildman–Crippen MR) is 96.3 cm³/mol. The molecule has 0 N–H and O–H groups in total. The van der Waals surface area contributed by atoms with Gasteiger partial charge in [-0.15, -0.1) is 5.56 Å². The average Bonchev–Trinajstić information content (AvgIpc) is 2.58. The van der Waals surface area contributed by atoms with Crippen molar-refractivity contribution in [1.82, 2.24) is 0 Å². The maximum Gasteiger partial charge on any atom is 0.343 e. The molecule has 25 heavy (non-hydrogen) atoms. The molecule has 0 fully saturated rings. The molecule has 0 saturated carbocycles. The molecule has 2 nitrogen and oxygen atoms in total. The predicted octanol–water partition coefficient (Wildman–Crippen LogP) is 5.30. The van der Waals surface area contributed by atoms with E-state index < -0.39 is 0 Å². The van der Waals surface area contributed by atoms with Crippen molar-refractivity contribution in [3.63, 3.8) is 0 Å². The Labute approximate surface area is 174 Å². The van der Waals surface area contributed by atoms with Crippen molar-refractivity contribution in [2.45, 2.75) is 20.8 Å². The summed E-state index contributed by atoms with van der Waals surface area (Å²) in [5, 5.41) is 0. The number of carbonyl (C=O) groups excluding carboxylic acids is 1. The summed E-state index contributed by atoms with van der Waals surface area (Å²) in [5.74, 6) is 0.194. The Morgan fingerprint density at radius 1 is 0.880 bits per heavy atom. The molecule has 0 saturated heterocycles. The van der Waals surface area contributed by atoms with Gasteiger partial charge in [0.2, 0.25) is 0 Å². The summed E-state index contributed by atoms with van der Waals surface area (Å²) in [5.41, 5.74) is 6.21. The van der Waals surface area contributed by atoms with Crippen LogP contribution in [0.25, 0.3) is 11.1 Å². The Hall–Kier alpha value is -1.77. The minimum atomic E-state index is -0.345. The van der Waals surface area contributed by atoms with Gasteiger partial charge in [0.25, 0.3) is 0 Å². The van der Waals surface area contributed by atoms with E-state index in [0.29, 0.717) is 11.3 Å². The Kier molecular flexibility index (Phi) is 6.69. The van der Waals surface area contributed by atoms with Gasteiger partial charge in [0.15, 0.2) is 0 Å². The second kappa shape index (κ2) is 8.55. The molecule has 3 aromatic carbocycles. The van der Waals surface area contributed by atoms with E-state index in [1.165, 1.54) is 5.56 Å². The van der Waals surface area contributed by atoms with Crippen molar-refractivity contribution in [1.29, 1.82) is 0 Å². The van der Waals surface area contributed by atoms with Gasteiger partial charge in [0.1, 0.15) is 5.75 Å². The summed E-state index contributed by atoms with van der Waals surface area (Å²) in [4.78, 5) is 12.1. The molecule has 123 valence electrons. The first-order valence-electron chi connectivity index (χ1n) is 7.91. The van der Waals surface area contributed by atoms with E-state index >= 15 is 0 Å². The van der Waals surface area contributed by atoms with Gasteiger partial charge < -0.3 is 4.74 Å². The molecule has 0 aromatic heterocycles. The Balaban J connectivity index is 0.00000225. The van der Waals surface area contributed by atoms with Crippen LogP contribution in [0.4, 0.5) is 0 Å². The number of benzene rings is 3. The zero-order valence-electron chi connectivity index (χ0n) is 14.7. The summed E-state index contributed by atoms with van der Waals surface area (Å²) >= 11 is 0. The second-order valence-corrected chi connectivity index (χ2v) is 5.98. The fourth-order valence-electron chi connectivity index (χ4n) is 2.42. The van der Waals surface area contributed by atoms with Gasteiger partial charge in [0.05, 0.1) is 5.56 Å². The monoisotopic (exact) mass is 404 g/mol. The van der Waals surface area contributed by atoms with Crippen molar-refractivity contribution in [2.24, 2.45) is 0 Å². The molecule has 0 amide bonds. The number of ether oxygens (including phenoxy) is 1. The standard InChI is InChI=1S/C22H19O2.Y/c1-15-4-7-19(8-5-15)22(23)24-21-12-10-18(11-13-21)20-9-6-16(2)17(3)14-20;/h4-5,7-14H,1-3H3;/q-1;. The van der Waals surface area contributed by atoms with Gasteiger partial charge in [-0.05, 0) is 31.2 Å². The number of hydrogen-bond acceptors (Lipinski definition) is 2. The normalized spacial score (nSPS) is 10.0. The van der Waals surface area contributed by atoms with Crippen LogP contribution < -0.4 is 4.74 Å². The third kappa shape index (κ3) is 4.87. The molecule has 0 atom stereocenters. The third-order valence-corrected chi connectivity index (χ3v) is 4.09. The van der Waals surface area contributed by atoms with E-state index in [9.17, 15) is 4.79 Å². The van der Waals surface area contributed by atoms with Crippen LogP contribution in [0.1, 0.15) is 27.0 Å². The van der Waals surface area contributed by atoms with E-state index in [-0.39, 0.29) is 38.7 Å². The maximum atomic E-state index is 12.1. The van der Waals surface area contributed by atoms with Crippen LogP contribution >= 0.6 is 0 Å². The van der Waals surface area contributed by atoms with Crippen LogP contribution in [-0.4, -0.2) is 5.97 Å². The molecular weight excluding hydrogens is 385 g/mol. The Morgan fingerprint density at radius 3 is 2.12 bits per heavy atom. The second-order valence-electron chi connectivity index (χ2n) is 5.98. The van der Waals surface area contributed by atoms with Gasteiger partial charge in [0, 0.05) is 32.7 Å². The molecule has 0 aliphatic rings. The van der Waals surface area contributed by atoms with Crippen LogP contribution in [0, 0.1) is 26.8 Å². The number of esters is 1. The minimum absolute atomic E-state index is 0. The smallest absolute Gasteiger partial charge is 0.343 e. The van der Waals surface area contributed by atoms with E-state index in [2.05, 4.69) is 19.1 Å². The van der Waals surface area contributed by atoms with Crippen LogP contribution in [-0.2, 0) is 32.7 Å². The van der Waals surface area contributed by atoms with E-state index in [0.717, 1.165) is 22.3 Å². The molecule has 0 bridgehead atoms. The number of carbonyl (C=O) groups is 1. The summed E-state index contributed by atoms with van der Waals surface area (Å²) in [6.45, 7) is 6.11. The number of hydrogen-bond donors (Lipinski definition) is 0. The Morgan fingerprint density at radius 2 is 1.52 bits per heavy atom. The first kappa shape index (κ1) is 19.6. The molecule has 0 spiro atoms. The Bertz CT molecular complexity index is 866. The molecule has 3 rings (SSSR count).